The maximum absolute atomic E-state index is 12.5. The van der Waals surface area contributed by atoms with E-state index in [4.69, 9.17) is 25.8 Å². The minimum atomic E-state index is -0.208. The van der Waals surface area contributed by atoms with E-state index in [2.05, 4.69) is 42.2 Å². The molecule has 1 amide bonds. The lowest BCUT2D eigenvalue weighted by molar-refractivity contribution is -0.115. The zero-order valence-electron chi connectivity index (χ0n) is 21.7. The number of nitrogens with zero attached hydrogens (tertiary/aromatic N) is 1. The van der Waals surface area contributed by atoms with E-state index in [1.54, 1.807) is 31.4 Å². The molecule has 1 fully saturated rings. The quantitative estimate of drug-likeness (QED) is 0.176. The highest BCUT2D eigenvalue weighted by molar-refractivity contribution is 9.11. The standard InChI is InChI=1S/C31H23Br2ClN2O4S/c1-38-27-15-20(7-12-26(27)39-17-19-5-3-2-4-6-19)18-40-29-24(32)13-21(14-25(29)33)16-28-30(37)36-31(41-28)35-23-10-8-22(34)9-11-23/h2-16H,17-18H2,1H3,(H,35,36,37)/b28-16+. The summed E-state index contributed by atoms with van der Waals surface area (Å²) in [6.07, 6.45) is 1.81. The van der Waals surface area contributed by atoms with Gasteiger partial charge in [0.2, 0.25) is 0 Å². The van der Waals surface area contributed by atoms with Crippen molar-refractivity contribution < 1.29 is 19.0 Å². The fraction of sp³-hybridized carbons (Fsp3) is 0.0968. The van der Waals surface area contributed by atoms with E-state index in [0.29, 0.717) is 51.2 Å². The van der Waals surface area contributed by atoms with Crippen LogP contribution >= 0.6 is 55.2 Å². The molecule has 0 radical (unpaired) electrons. The van der Waals surface area contributed by atoms with Gasteiger partial charge in [0.1, 0.15) is 19.0 Å². The van der Waals surface area contributed by atoms with Crippen LogP contribution in [0.3, 0.4) is 0 Å². The molecule has 1 aliphatic rings. The number of benzene rings is 4. The van der Waals surface area contributed by atoms with Gasteiger partial charge in [-0.3, -0.25) is 4.79 Å². The number of hydrogen-bond acceptors (Lipinski definition) is 6. The van der Waals surface area contributed by atoms with E-state index in [9.17, 15) is 4.79 Å². The van der Waals surface area contributed by atoms with Crippen LogP contribution in [-0.2, 0) is 18.0 Å². The van der Waals surface area contributed by atoms with E-state index >= 15 is 0 Å². The van der Waals surface area contributed by atoms with E-state index in [0.717, 1.165) is 25.6 Å². The van der Waals surface area contributed by atoms with Gasteiger partial charge in [0.25, 0.3) is 5.91 Å². The number of carbonyl (C=O) groups excluding carboxylic acids is 1. The van der Waals surface area contributed by atoms with Crippen molar-refractivity contribution in [3.05, 3.63) is 120 Å². The molecule has 0 atom stereocenters. The van der Waals surface area contributed by atoms with Gasteiger partial charge in [0.15, 0.2) is 16.7 Å². The first-order chi connectivity index (χ1) is 19.9. The van der Waals surface area contributed by atoms with Crippen molar-refractivity contribution in [2.75, 3.05) is 7.11 Å². The van der Waals surface area contributed by atoms with Crippen molar-refractivity contribution >= 4 is 78.1 Å². The second kappa shape index (κ2) is 13.6. The Hall–Kier alpha value is -3.24. The number of amidine groups is 1. The van der Waals surface area contributed by atoms with Crippen molar-refractivity contribution in [3.63, 3.8) is 0 Å². The predicted octanol–water partition coefficient (Wildman–Crippen LogP) is 8.92. The van der Waals surface area contributed by atoms with Crippen LogP contribution in [0.15, 0.2) is 104 Å². The van der Waals surface area contributed by atoms with Gasteiger partial charge in [-0.25, -0.2) is 4.99 Å². The summed E-state index contributed by atoms with van der Waals surface area (Å²) in [5, 5.41) is 3.94. The van der Waals surface area contributed by atoms with Gasteiger partial charge in [-0.05, 0) is 115 Å². The van der Waals surface area contributed by atoms with Gasteiger partial charge < -0.3 is 19.5 Å². The highest BCUT2D eigenvalue weighted by Crippen LogP contribution is 2.38. The largest absolute Gasteiger partial charge is 0.493 e. The molecule has 0 bridgehead atoms. The van der Waals surface area contributed by atoms with Crippen molar-refractivity contribution in [2.24, 2.45) is 4.99 Å². The van der Waals surface area contributed by atoms with Crippen LogP contribution in [0.4, 0.5) is 5.69 Å². The van der Waals surface area contributed by atoms with Gasteiger partial charge in [0, 0.05) is 5.02 Å². The Kier molecular flexibility index (Phi) is 9.72. The molecule has 4 aromatic rings. The van der Waals surface area contributed by atoms with Crippen LogP contribution < -0.4 is 19.5 Å². The lowest BCUT2D eigenvalue weighted by atomic mass is 10.2. The summed E-state index contributed by atoms with van der Waals surface area (Å²) in [6.45, 7) is 0.766. The maximum Gasteiger partial charge on any atom is 0.264 e. The topological polar surface area (TPSA) is 69.2 Å². The van der Waals surface area contributed by atoms with Gasteiger partial charge in [-0.1, -0.05) is 48.0 Å². The lowest BCUT2D eigenvalue weighted by Crippen LogP contribution is -2.19. The molecule has 1 heterocycles. The molecule has 0 aromatic heterocycles. The molecule has 0 unspecified atom stereocenters. The number of carbonyl (C=O) groups is 1. The second-order valence-corrected chi connectivity index (χ2v) is 12.0. The minimum absolute atomic E-state index is 0.208. The zero-order valence-corrected chi connectivity index (χ0v) is 26.4. The first-order valence-corrected chi connectivity index (χ1v) is 15.2. The van der Waals surface area contributed by atoms with Crippen LogP contribution in [0.1, 0.15) is 16.7 Å². The van der Waals surface area contributed by atoms with E-state index in [-0.39, 0.29) is 5.91 Å². The molecule has 10 heteroatoms. The monoisotopic (exact) mass is 712 g/mol. The summed E-state index contributed by atoms with van der Waals surface area (Å²) in [6, 6.07) is 26.6. The third-order valence-electron chi connectivity index (χ3n) is 5.87. The zero-order chi connectivity index (χ0) is 28.8. The summed E-state index contributed by atoms with van der Waals surface area (Å²) < 4.78 is 19.1. The predicted molar refractivity (Wildman–Crippen MR) is 172 cm³/mol. The Morgan fingerprint density at radius 1 is 0.878 bits per heavy atom. The Labute approximate surface area is 264 Å². The molecule has 0 spiro atoms. The fourth-order valence-corrected chi connectivity index (χ4v) is 6.30. The van der Waals surface area contributed by atoms with Crippen LogP contribution in [0.5, 0.6) is 17.2 Å². The number of thioether (sulfide) groups is 1. The van der Waals surface area contributed by atoms with Crippen molar-refractivity contribution in [1.29, 1.82) is 0 Å². The van der Waals surface area contributed by atoms with E-state index in [1.165, 1.54) is 11.8 Å². The van der Waals surface area contributed by atoms with Gasteiger partial charge in [-0.2, -0.15) is 0 Å². The maximum atomic E-state index is 12.5. The molecule has 1 aliphatic heterocycles. The Morgan fingerprint density at radius 3 is 2.29 bits per heavy atom. The van der Waals surface area contributed by atoms with Crippen LogP contribution in [0, 0.1) is 0 Å². The molecular weight excluding hydrogens is 692 g/mol. The van der Waals surface area contributed by atoms with Gasteiger partial charge in [0.05, 0.1) is 26.6 Å². The van der Waals surface area contributed by atoms with Crippen molar-refractivity contribution in [1.82, 2.24) is 5.32 Å². The summed E-state index contributed by atoms with van der Waals surface area (Å²) in [5.41, 5.74) is 3.53. The fourth-order valence-electron chi connectivity index (χ4n) is 3.88. The number of rotatable bonds is 9. The summed E-state index contributed by atoms with van der Waals surface area (Å²) in [7, 11) is 1.62. The number of hydrogen-bond donors (Lipinski definition) is 1. The summed E-state index contributed by atoms with van der Waals surface area (Å²) >= 11 is 14.4. The number of aliphatic imine (C=N–C) groups is 1. The Balaban J connectivity index is 1.24. The van der Waals surface area contributed by atoms with E-state index < -0.39 is 0 Å². The average Bonchev–Trinajstić information content (AvgIpc) is 3.31. The number of halogens is 3. The molecule has 6 nitrogen and oxygen atoms in total. The number of ether oxygens (including phenoxy) is 3. The third-order valence-corrected chi connectivity index (χ3v) is 8.21. The minimum Gasteiger partial charge on any atom is -0.493 e. The molecule has 5 rings (SSSR count). The number of methoxy groups -OCH3 is 1. The molecule has 1 N–H and O–H groups in total. The molecule has 208 valence electrons. The lowest BCUT2D eigenvalue weighted by Gasteiger charge is -2.14. The molecule has 0 saturated carbocycles. The summed E-state index contributed by atoms with van der Waals surface area (Å²) in [5.74, 6) is 1.73. The normalized spacial score (nSPS) is 14.8. The van der Waals surface area contributed by atoms with Crippen molar-refractivity contribution in [3.8, 4) is 17.2 Å². The van der Waals surface area contributed by atoms with Crippen LogP contribution in [0.25, 0.3) is 6.08 Å². The molecule has 1 saturated heterocycles. The van der Waals surface area contributed by atoms with Crippen LogP contribution in [-0.4, -0.2) is 18.2 Å². The first-order valence-electron chi connectivity index (χ1n) is 12.4. The molecule has 4 aromatic carbocycles. The SMILES string of the molecule is COc1cc(COc2c(Br)cc(/C=C3/SC(=Nc4ccc(Cl)cc4)NC3=O)cc2Br)ccc1OCc1ccccc1. The highest BCUT2D eigenvalue weighted by Gasteiger charge is 2.24. The van der Waals surface area contributed by atoms with E-state index in [1.807, 2.05) is 66.7 Å². The van der Waals surface area contributed by atoms with Gasteiger partial charge in [-0.15, -0.1) is 0 Å². The second-order valence-electron chi connectivity index (χ2n) is 8.82. The molecule has 0 aliphatic carbocycles. The van der Waals surface area contributed by atoms with Crippen LogP contribution in [0.2, 0.25) is 5.02 Å². The molecule has 41 heavy (non-hydrogen) atoms. The Bertz CT molecular complexity index is 1610. The average molecular weight is 715 g/mol. The number of nitrogens with one attached hydrogen (secondary N) is 1. The summed E-state index contributed by atoms with van der Waals surface area (Å²) in [4.78, 5) is 17.6. The molecular formula is C31H23Br2ClN2O4S. The highest BCUT2D eigenvalue weighted by atomic mass is 79.9. The Morgan fingerprint density at radius 2 is 1.59 bits per heavy atom. The van der Waals surface area contributed by atoms with Crippen molar-refractivity contribution in [2.45, 2.75) is 13.2 Å². The van der Waals surface area contributed by atoms with Gasteiger partial charge >= 0.3 is 0 Å². The third kappa shape index (κ3) is 7.74. The smallest absolute Gasteiger partial charge is 0.264 e. The number of amides is 1. The first kappa shape index (κ1) is 29.3.